The summed E-state index contributed by atoms with van der Waals surface area (Å²) in [7, 11) is -3.28. The topological polar surface area (TPSA) is 92.8 Å². The zero-order valence-electron chi connectivity index (χ0n) is 13.7. The molecule has 128 valence electrons. The van der Waals surface area contributed by atoms with E-state index in [0.717, 1.165) is 12.7 Å². The quantitative estimate of drug-likeness (QED) is 0.579. The van der Waals surface area contributed by atoms with Gasteiger partial charge >= 0.3 is 5.97 Å². The third-order valence-corrected chi connectivity index (χ3v) is 4.12. The first-order valence-electron chi connectivity index (χ1n) is 7.41. The summed E-state index contributed by atoms with van der Waals surface area (Å²) in [4.78, 5) is 26.0. The fourth-order valence-electron chi connectivity index (χ4n) is 2.32. The normalized spacial score (nSPS) is 19.8. The molecular weight excluding hydrogens is 308 g/mol. The van der Waals surface area contributed by atoms with E-state index >= 15 is 0 Å². The third kappa shape index (κ3) is 6.31. The predicted octanol–water partition coefficient (Wildman–Crippen LogP) is 0.364. The smallest absolute Gasteiger partial charge is 0.310 e. The molecule has 0 radical (unpaired) electrons. The van der Waals surface area contributed by atoms with Gasteiger partial charge in [0.15, 0.2) is 0 Å². The van der Waals surface area contributed by atoms with Gasteiger partial charge in [-0.05, 0) is 12.8 Å². The van der Waals surface area contributed by atoms with Crippen molar-refractivity contribution in [1.29, 1.82) is 0 Å². The van der Waals surface area contributed by atoms with Crippen LogP contribution in [-0.2, 0) is 24.3 Å². The van der Waals surface area contributed by atoms with Crippen LogP contribution in [0.25, 0.3) is 0 Å². The zero-order chi connectivity index (χ0) is 17.0. The van der Waals surface area contributed by atoms with Gasteiger partial charge in [-0.3, -0.25) is 9.59 Å². The number of nitrogens with zero attached hydrogens (tertiary/aromatic N) is 1. The maximum atomic E-state index is 12.3. The molecule has 0 unspecified atom stereocenters. The molecule has 1 rings (SSSR count). The van der Waals surface area contributed by atoms with Crippen LogP contribution in [0.4, 0.5) is 0 Å². The number of sulfonamides is 1. The van der Waals surface area contributed by atoms with Gasteiger partial charge < -0.3 is 9.64 Å². The number of amides is 1. The van der Waals surface area contributed by atoms with Crippen LogP contribution in [0.3, 0.4) is 0 Å². The van der Waals surface area contributed by atoms with Crippen molar-refractivity contribution in [1.82, 2.24) is 9.62 Å². The van der Waals surface area contributed by atoms with Gasteiger partial charge in [-0.15, -0.1) is 0 Å². The van der Waals surface area contributed by atoms with E-state index in [1.54, 1.807) is 4.90 Å². The highest BCUT2D eigenvalue weighted by Gasteiger charge is 2.33. The van der Waals surface area contributed by atoms with Crippen LogP contribution in [-0.4, -0.2) is 57.7 Å². The minimum absolute atomic E-state index is 0.00434. The van der Waals surface area contributed by atoms with Crippen LogP contribution in [0.2, 0.25) is 0 Å². The van der Waals surface area contributed by atoms with Crippen molar-refractivity contribution in [2.45, 2.75) is 33.6 Å². The molecule has 0 aromatic heterocycles. The highest BCUT2D eigenvalue weighted by molar-refractivity contribution is 7.88. The average molecular weight is 334 g/mol. The minimum Gasteiger partial charge on any atom is -0.464 e. The van der Waals surface area contributed by atoms with E-state index in [2.05, 4.69) is 4.72 Å². The highest BCUT2D eigenvalue weighted by atomic mass is 32.2. The maximum absolute atomic E-state index is 12.3. The molecule has 1 fully saturated rings. The molecule has 1 saturated heterocycles. The molecule has 0 aromatic carbocycles. The summed E-state index contributed by atoms with van der Waals surface area (Å²) in [5.74, 6) is -0.677. The number of piperidine rings is 1. The Balaban J connectivity index is 2.44. The molecule has 1 aliphatic heterocycles. The number of carbonyl (C=O) groups excluding carboxylic acids is 2. The molecule has 7 nitrogen and oxygen atoms in total. The molecule has 0 bridgehead atoms. The van der Waals surface area contributed by atoms with Gasteiger partial charge in [0, 0.05) is 25.0 Å². The molecule has 1 amide bonds. The van der Waals surface area contributed by atoms with Crippen molar-refractivity contribution in [2.75, 3.05) is 32.5 Å². The van der Waals surface area contributed by atoms with Gasteiger partial charge in [0.1, 0.15) is 6.61 Å². The largest absolute Gasteiger partial charge is 0.464 e. The summed E-state index contributed by atoms with van der Waals surface area (Å²) >= 11 is 0. The van der Waals surface area contributed by atoms with E-state index in [0.29, 0.717) is 19.5 Å². The Hall–Kier alpha value is -1.15. The summed E-state index contributed by atoms with van der Waals surface area (Å²) in [6, 6.07) is 0. The molecule has 1 N–H and O–H groups in total. The van der Waals surface area contributed by atoms with Crippen molar-refractivity contribution < 1.29 is 22.7 Å². The standard InChI is InChI=1S/C14H26N2O5S/c1-14(2,3)13(18)16-8-5-6-11(10-16)12(17)21-9-7-15-22(4,19)20/h11,15H,5-10H2,1-4H3/t11-/m1/s1. The molecule has 22 heavy (non-hydrogen) atoms. The Bertz CT molecular complexity index is 510. The summed E-state index contributed by atoms with van der Waals surface area (Å²) in [5, 5.41) is 0. The van der Waals surface area contributed by atoms with Gasteiger partial charge in [0.2, 0.25) is 15.9 Å². The Labute approximate surface area is 132 Å². The highest BCUT2D eigenvalue weighted by Crippen LogP contribution is 2.24. The van der Waals surface area contributed by atoms with Gasteiger partial charge in [-0.1, -0.05) is 20.8 Å². The Morgan fingerprint density at radius 3 is 2.50 bits per heavy atom. The molecule has 1 atom stereocenters. The van der Waals surface area contributed by atoms with Crippen LogP contribution in [0, 0.1) is 11.3 Å². The van der Waals surface area contributed by atoms with Gasteiger partial charge in [-0.25, -0.2) is 13.1 Å². The van der Waals surface area contributed by atoms with E-state index in [-0.39, 0.29) is 30.9 Å². The van der Waals surface area contributed by atoms with Gasteiger partial charge in [0.25, 0.3) is 0 Å². The second-order valence-electron chi connectivity index (χ2n) is 6.67. The number of carbonyl (C=O) groups is 2. The van der Waals surface area contributed by atoms with Crippen molar-refractivity contribution in [3.63, 3.8) is 0 Å². The number of rotatable bonds is 5. The van der Waals surface area contributed by atoms with Crippen molar-refractivity contribution in [2.24, 2.45) is 11.3 Å². The average Bonchev–Trinajstić information content (AvgIpc) is 2.40. The summed E-state index contributed by atoms with van der Waals surface area (Å²) in [6.07, 6.45) is 2.50. The van der Waals surface area contributed by atoms with Crippen LogP contribution in [0.5, 0.6) is 0 Å². The lowest BCUT2D eigenvalue weighted by Gasteiger charge is -2.35. The van der Waals surface area contributed by atoms with Crippen molar-refractivity contribution in [3.8, 4) is 0 Å². The molecule has 0 aliphatic carbocycles. The number of likely N-dealkylation sites (tertiary alicyclic amines) is 1. The van der Waals surface area contributed by atoms with Gasteiger partial charge in [0.05, 0.1) is 12.2 Å². The first kappa shape index (κ1) is 18.9. The molecule has 8 heteroatoms. The van der Waals surface area contributed by atoms with Crippen LogP contribution >= 0.6 is 0 Å². The Morgan fingerprint density at radius 1 is 1.32 bits per heavy atom. The minimum atomic E-state index is -3.28. The molecule has 0 spiro atoms. The number of esters is 1. The van der Waals surface area contributed by atoms with Crippen LogP contribution < -0.4 is 4.72 Å². The lowest BCUT2D eigenvalue weighted by molar-refractivity contribution is -0.153. The predicted molar refractivity (Wildman–Crippen MR) is 82.6 cm³/mol. The lowest BCUT2D eigenvalue weighted by Crippen LogP contribution is -2.47. The zero-order valence-corrected chi connectivity index (χ0v) is 14.5. The van der Waals surface area contributed by atoms with E-state index in [1.807, 2.05) is 20.8 Å². The summed E-state index contributed by atoms with van der Waals surface area (Å²) in [6.45, 7) is 6.65. The first-order chi connectivity index (χ1) is 10.0. The van der Waals surface area contributed by atoms with Crippen LogP contribution in [0.15, 0.2) is 0 Å². The molecule has 0 aromatic rings. The first-order valence-corrected chi connectivity index (χ1v) is 9.30. The molecule has 1 heterocycles. The van der Waals surface area contributed by atoms with Crippen molar-refractivity contribution in [3.05, 3.63) is 0 Å². The number of hydrogen-bond acceptors (Lipinski definition) is 5. The number of hydrogen-bond donors (Lipinski definition) is 1. The summed E-state index contributed by atoms with van der Waals surface area (Å²) < 4.78 is 29.1. The maximum Gasteiger partial charge on any atom is 0.310 e. The Morgan fingerprint density at radius 2 is 1.95 bits per heavy atom. The molecule has 1 aliphatic rings. The van der Waals surface area contributed by atoms with Crippen LogP contribution in [0.1, 0.15) is 33.6 Å². The van der Waals surface area contributed by atoms with Gasteiger partial charge in [-0.2, -0.15) is 0 Å². The third-order valence-electron chi connectivity index (χ3n) is 3.39. The summed E-state index contributed by atoms with van der Waals surface area (Å²) in [5.41, 5.74) is -0.467. The number of ether oxygens (including phenoxy) is 1. The SMILES string of the molecule is CC(C)(C)C(=O)N1CCC[C@@H](C(=O)OCCNS(C)(=O)=O)C1. The van der Waals surface area contributed by atoms with E-state index in [1.165, 1.54) is 0 Å². The fourth-order valence-corrected chi connectivity index (χ4v) is 2.78. The Kier molecular flexibility index (Phi) is 6.37. The fraction of sp³-hybridized carbons (Fsp3) is 0.857. The van der Waals surface area contributed by atoms with E-state index in [9.17, 15) is 18.0 Å². The molecule has 0 saturated carbocycles. The number of nitrogens with one attached hydrogen (secondary N) is 1. The second-order valence-corrected chi connectivity index (χ2v) is 8.51. The van der Waals surface area contributed by atoms with E-state index < -0.39 is 15.4 Å². The monoisotopic (exact) mass is 334 g/mol. The van der Waals surface area contributed by atoms with E-state index in [4.69, 9.17) is 4.74 Å². The lowest BCUT2D eigenvalue weighted by atomic mass is 9.91. The second kappa shape index (κ2) is 7.41. The van der Waals surface area contributed by atoms with Crippen molar-refractivity contribution >= 4 is 21.9 Å². The molecular formula is C14H26N2O5S.